The lowest BCUT2D eigenvalue weighted by atomic mass is 10.2. The Morgan fingerprint density at radius 3 is 2.62 bits per heavy atom. The van der Waals surface area contributed by atoms with Gasteiger partial charge in [0, 0.05) is 11.6 Å². The summed E-state index contributed by atoms with van der Waals surface area (Å²) in [5, 5.41) is 0. The topological polar surface area (TPSA) is 56.0 Å². The standard InChI is InChI=1S/C7H5F3N2O/c8-5-1-3(7(9)10)6(11)4(2-13)12-5/h1-2,7H,11H2. The molecular weight excluding hydrogens is 185 g/mol. The quantitative estimate of drug-likeness (QED) is 0.568. The van der Waals surface area contributed by atoms with E-state index in [-0.39, 0.29) is 6.29 Å². The molecule has 0 saturated carbocycles. The van der Waals surface area contributed by atoms with Crippen LogP contribution in [0.1, 0.15) is 22.5 Å². The monoisotopic (exact) mass is 190 g/mol. The lowest BCUT2D eigenvalue weighted by Crippen LogP contribution is -2.04. The number of nitrogen functional groups attached to an aromatic ring is 1. The smallest absolute Gasteiger partial charge is 0.266 e. The highest BCUT2D eigenvalue weighted by Crippen LogP contribution is 2.26. The number of aldehydes is 1. The number of nitrogens with two attached hydrogens (primary N) is 1. The van der Waals surface area contributed by atoms with Gasteiger partial charge in [0.2, 0.25) is 5.95 Å². The van der Waals surface area contributed by atoms with Crippen molar-refractivity contribution in [1.29, 1.82) is 0 Å². The number of anilines is 1. The zero-order chi connectivity index (χ0) is 10.0. The van der Waals surface area contributed by atoms with Gasteiger partial charge in [-0.05, 0) is 0 Å². The van der Waals surface area contributed by atoms with E-state index < -0.39 is 29.3 Å². The summed E-state index contributed by atoms with van der Waals surface area (Å²) in [6.45, 7) is 0. The Hall–Kier alpha value is -1.59. The van der Waals surface area contributed by atoms with Gasteiger partial charge in [-0.15, -0.1) is 0 Å². The van der Waals surface area contributed by atoms with E-state index in [1.54, 1.807) is 0 Å². The number of hydrogen-bond donors (Lipinski definition) is 1. The van der Waals surface area contributed by atoms with Gasteiger partial charge < -0.3 is 5.73 Å². The minimum Gasteiger partial charge on any atom is -0.396 e. The molecule has 0 aromatic carbocycles. The number of carbonyl (C=O) groups is 1. The summed E-state index contributed by atoms with van der Waals surface area (Å²) in [4.78, 5) is 13.2. The number of hydrogen-bond acceptors (Lipinski definition) is 3. The molecule has 0 unspecified atom stereocenters. The van der Waals surface area contributed by atoms with Crippen LogP contribution in [0.3, 0.4) is 0 Å². The highest BCUT2D eigenvalue weighted by Gasteiger charge is 2.16. The average molecular weight is 190 g/mol. The lowest BCUT2D eigenvalue weighted by Gasteiger charge is -2.05. The Morgan fingerprint density at radius 1 is 1.54 bits per heavy atom. The molecule has 6 heteroatoms. The third-order valence-corrected chi connectivity index (χ3v) is 1.44. The molecule has 0 fully saturated rings. The Labute approximate surface area is 71.4 Å². The maximum absolute atomic E-state index is 12.5. The normalized spacial score (nSPS) is 10.5. The average Bonchev–Trinajstić information content (AvgIpc) is 2.08. The maximum atomic E-state index is 12.5. The van der Waals surface area contributed by atoms with Crippen molar-refractivity contribution in [1.82, 2.24) is 4.98 Å². The van der Waals surface area contributed by atoms with Gasteiger partial charge in [0.1, 0.15) is 5.69 Å². The molecule has 13 heavy (non-hydrogen) atoms. The first-order chi connectivity index (χ1) is 6.06. The molecular formula is C7H5F3N2O. The Morgan fingerprint density at radius 2 is 2.15 bits per heavy atom. The van der Waals surface area contributed by atoms with Crippen molar-refractivity contribution >= 4 is 12.0 Å². The summed E-state index contributed by atoms with van der Waals surface area (Å²) in [7, 11) is 0. The Balaban J connectivity index is 3.35. The van der Waals surface area contributed by atoms with Crippen LogP contribution in [-0.2, 0) is 0 Å². The number of carbonyl (C=O) groups excluding carboxylic acids is 1. The number of alkyl halides is 2. The molecule has 0 radical (unpaired) electrons. The van der Waals surface area contributed by atoms with Gasteiger partial charge in [-0.2, -0.15) is 4.39 Å². The summed E-state index contributed by atoms with van der Waals surface area (Å²) < 4.78 is 36.8. The minimum atomic E-state index is -2.92. The summed E-state index contributed by atoms with van der Waals surface area (Å²) in [5.74, 6) is -1.15. The molecule has 0 atom stereocenters. The molecule has 0 spiro atoms. The fourth-order valence-electron chi connectivity index (χ4n) is 0.832. The molecule has 0 aliphatic heterocycles. The molecule has 1 rings (SSSR count). The Bertz CT molecular complexity index is 341. The van der Waals surface area contributed by atoms with Crippen molar-refractivity contribution in [2.45, 2.75) is 6.43 Å². The second-order valence-electron chi connectivity index (χ2n) is 2.25. The second kappa shape index (κ2) is 3.42. The van der Waals surface area contributed by atoms with E-state index in [1.807, 2.05) is 0 Å². The predicted octanol–water partition coefficient (Wildman–Crippen LogP) is 1.55. The van der Waals surface area contributed by atoms with Gasteiger partial charge in [0.05, 0.1) is 5.69 Å². The number of nitrogens with zero attached hydrogens (tertiary/aromatic N) is 1. The largest absolute Gasteiger partial charge is 0.396 e. The van der Waals surface area contributed by atoms with Gasteiger partial charge in [-0.25, -0.2) is 13.8 Å². The van der Waals surface area contributed by atoms with Gasteiger partial charge >= 0.3 is 0 Å². The fourth-order valence-corrected chi connectivity index (χ4v) is 0.832. The van der Waals surface area contributed by atoms with Crippen LogP contribution in [-0.4, -0.2) is 11.3 Å². The van der Waals surface area contributed by atoms with E-state index in [4.69, 9.17) is 5.73 Å². The van der Waals surface area contributed by atoms with Crippen LogP contribution < -0.4 is 5.73 Å². The van der Waals surface area contributed by atoms with Gasteiger partial charge in [0.25, 0.3) is 6.43 Å². The van der Waals surface area contributed by atoms with Crippen molar-refractivity contribution in [3.63, 3.8) is 0 Å². The van der Waals surface area contributed by atoms with Crippen molar-refractivity contribution < 1.29 is 18.0 Å². The van der Waals surface area contributed by atoms with E-state index in [9.17, 15) is 18.0 Å². The van der Waals surface area contributed by atoms with Crippen LogP contribution in [0.25, 0.3) is 0 Å². The maximum Gasteiger partial charge on any atom is 0.266 e. The minimum absolute atomic E-state index is 0.129. The molecule has 3 nitrogen and oxygen atoms in total. The Kier molecular flexibility index (Phi) is 2.50. The van der Waals surface area contributed by atoms with Crippen molar-refractivity contribution in [2.75, 3.05) is 5.73 Å². The van der Waals surface area contributed by atoms with Crippen LogP contribution in [0.4, 0.5) is 18.9 Å². The van der Waals surface area contributed by atoms with Crippen molar-refractivity contribution in [2.24, 2.45) is 0 Å². The van der Waals surface area contributed by atoms with Crippen LogP contribution in [0, 0.1) is 5.95 Å². The molecule has 0 aliphatic rings. The highest BCUT2D eigenvalue weighted by atomic mass is 19.3. The first kappa shape index (κ1) is 9.50. The summed E-state index contributed by atoms with van der Waals surface area (Å²) in [6.07, 6.45) is -2.79. The lowest BCUT2D eigenvalue weighted by molar-refractivity contribution is 0.111. The molecule has 70 valence electrons. The molecule has 1 aromatic heterocycles. The molecule has 0 aliphatic carbocycles. The van der Waals surface area contributed by atoms with Gasteiger partial charge in [-0.1, -0.05) is 0 Å². The highest BCUT2D eigenvalue weighted by molar-refractivity contribution is 5.81. The SMILES string of the molecule is Nc1c(C(F)F)cc(F)nc1C=O. The van der Waals surface area contributed by atoms with Crippen LogP contribution in [0.15, 0.2) is 6.07 Å². The molecule has 0 saturated heterocycles. The van der Waals surface area contributed by atoms with Crippen LogP contribution in [0.2, 0.25) is 0 Å². The summed E-state index contributed by atoms with van der Waals surface area (Å²) in [5.41, 5.74) is 3.43. The van der Waals surface area contributed by atoms with Crippen molar-refractivity contribution in [3.05, 3.63) is 23.3 Å². The molecule has 1 heterocycles. The number of halogens is 3. The van der Waals surface area contributed by atoms with Crippen molar-refractivity contribution in [3.8, 4) is 0 Å². The predicted molar refractivity (Wildman–Crippen MR) is 39.0 cm³/mol. The van der Waals surface area contributed by atoms with E-state index in [0.717, 1.165) is 0 Å². The number of pyridine rings is 1. The van der Waals surface area contributed by atoms with E-state index >= 15 is 0 Å². The fraction of sp³-hybridized carbons (Fsp3) is 0.143. The second-order valence-corrected chi connectivity index (χ2v) is 2.25. The third-order valence-electron chi connectivity index (χ3n) is 1.44. The summed E-state index contributed by atoms with van der Waals surface area (Å²) >= 11 is 0. The van der Waals surface area contributed by atoms with Gasteiger partial charge in [-0.3, -0.25) is 4.79 Å². The number of aromatic nitrogens is 1. The van der Waals surface area contributed by atoms with Crippen LogP contribution >= 0.6 is 0 Å². The molecule has 0 bridgehead atoms. The first-order valence-electron chi connectivity index (χ1n) is 3.25. The zero-order valence-electron chi connectivity index (χ0n) is 6.30. The van der Waals surface area contributed by atoms with E-state index in [0.29, 0.717) is 6.07 Å². The summed E-state index contributed by atoms with van der Waals surface area (Å²) in [6, 6.07) is 0.507. The van der Waals surface area contributed by atoms with E-state index in [1.165, 1.54) is 0 Å². The molecule has 0 amide bonds. The third kappa shape index (κ3) is 1.77. The van der Waals surface area contributed by atoms with E-state index in [2.05, 4.69) is 4.98 Å². The van der Waals surface area contributed by atoms with Crippen LogP contribution in [0.5, 0.6) is 0 Å². The zero-order valence-corrected chi connectivity index (χ0v) is 6.30. The first-order valence-corrected chi connectivity index (χ1v) is 3.25. The molecule has 1 aromatic rings. The number of rotatable bonds is 2. The molecule has 2 N–H and O–H groups in total. The van der Waals surface area contributed by atoms with Gasteiger partial charge in [0.15, 0.2) is 6.29 Å².